The standard InChI is InChI=1S/C70H44N2S/c1-44-19-15-16-40-73-67-50(44)38-39-56-54-37-36-48(47-24-17-25-49(41-47)64-43-65(72-68(71-64)46-21-3-2-4-22-46)55-29-18-23-45-20-5-6-26-51(45)55)42-63(54)70(66(56)67)61-34-13-11-32-59(61)69(60-33-12-14-35-62(60)70)57-30-9-7-27-52(57)53-28-8-10-31-58(53)69/h2-43H,1H2/b19-15-,40-16-. The molecule has 0 radical (unpaired) electrons. The SMILES string of the molecule is C=C1/C=C\C=C/Sc2c1ccc1c2C2(c3cc(-c4cccc(-c5cc(-c6cccc7ccccc67)nc(-c6ccccc6)n5)c4)ccc3-1)c1ccccc1C1(c3ccccc3-c3ccccc31)c1ccccc12. The van der Waals surface area contributed by atoms with Gasteiger partial charge in [-0.3, -0.25) is 0 Å². The molecule has 0 bridgehead atoms. The Balaban J connectivity index is 0.983. The van der Waals surface area contributed by atoms with Crippen molar-refractivity contribution in [2.45, 2.75) is 15.7 Å². The number of thioether (sulfide) groups is 1. The van der Waals surface area contributed by atoms with Gasteiger partial charge < -0.3 is 0 Å². The molecule has 1 aromatic heterocycles. The maximum Gasteiger partial charge on any atom is 0.160 e. The van der Waals surface area contributed by atoms with Crippen LogP contribution in [0.25, 0.3) is 83.6 Å². The van der Waals surface area contributed by atoms with Crippen molar-refractivity contribution in [3.63, 3.8) is 0 Å². The zero-order chi connectivity index (χ0) is 48.3. The maximum atomic E-state index is 5.31. The van der Waals surface area contributed by atoms with Crippen molar-refractivity contribution >= 4 is 28.1 Å². The van der Waals surface area contributed by atoms with Gasteiger partial charge in [-0.1, -0.05) is 249 Å². The van der Waals surface area contributed by atoms with E-state index in [1.165, 1.54) is 82.6 Å². The van der Waals surface area contributed by atoms with Gasteiger partial charge in [-0.05, 0) is 123 Å². The number of hydrogen-bond acceptors (Lipinski definition) is 3. The quantitative estimate of drug-likeness (QED) is 0.176. The van der Waals surface area contributed by atoms with Gasteiger partial charge in [-0.2, -0.15) is 0 Å². The third-order valence-corrected chi connectivity index (χ3v) is 17.0. The minimum absolute atomic E-state index is 0.538. The van der Waals surface area contributed by atoms with E-state index in [1.807, 2.05) is 17.8 Å². The largest absolute Gasteiger partial charge is 0.228 e. The van der Waals surface area contributed by atoms with Crippen LogP contribution in [0.4, 0.5) is 0 Å². The van der Waals surface area contributed by atoms with Crippen LogP contribution in [0, 0.1) is 0 Å². The van der Waals surface area contributed by atoms with Crippen LogP contribution in [0.2, 0.25) is 0 Å². The highest BCUT2D eigenvalue weighted by atomic mass is 32.2. The summed E-state index contributed by atoms with van der Waals surface area (Å²) in [6, 6.07) is 85.3. The predicted molar refractivity (Wildman–Crippen MR) is 303 cm³/mol. The number of allylic oxidation sites excluding steroid dienone is 4. The molecule has 340 valence electrons. The minimum Gasteiger partial charge on any atom is -0.228 e. The number of fused-ring (bicyclic) bond motifs is 19. The molecule has 2 spiro atoms. The topological polar surface area (TPSA) is 25.8 Å². The molecule has 3 aliphatic carbocycles. The number of hydrogen-bond donors (Lipinski definition) is 0. The van der Waals surface area contributed by atoms with E-state index < -0.39 is 10.8 Å². The molecule has 0 amide bonds. The van der Waals surface area contributed by atoms with E-state index in [0.717, 1.165) is 50.2 Å². The lowest BCUT2D eigenvalue weighted by Crippen LogP contribution is -2.44. The average molecular weight is 945 g/mol. The van der Waals surface area contributed by atoms with Gasteiger partial charge in [-0.25, -0.2) is 9.97 Å². The van der Waals surface area contributed by atoms with Gasteiger partial charge in [0.2, 0.25) is 0 Å². The molecular formula is C70H44N2S. The fourth-order valence-electron chi connectivity index (χ4n) is 13.1. The van der Waals surface area contributed by atoms with E-state index in [-0.39, 0.29) is 0 Å². The van der Waals surface area contributed by atoms with E-state index in [4.69, 9.17) is 9.97 Å². The van der Waals surface area contributed by atoms with Crippen molar-refractivity contribution in [3.05, 3.63) is 311 Å². The monoisotopic (exact) mass is 944 g/mol. The van der Waals surface area contributed by atoms with Crippen LogP contribution in [0.15, 0.2) is 266 Å². The minimum atomic E-state index is -0.691. The van der Waals surface area contributed by atoms with Crippen LogP contribution in [-0.2, 0) is 10.8 Å². The molecule has 11 aromatic rings. The Hall–Kier alpha value is -8.89. The number of rotatable bonds is 4. The summed E-state index contributed by atoms with van der Waals surface area (Å²) in [5.74, 6) is 0.698. The molecule has 3 heteroatoms. The van der Waals surface area contributed by atoms with E-state index >= 15 is 0 Å². The van der Waals surface area contributed by atoms with Crippen molar-refractivity contribution in [2.24, 2.45) is 0 Å². The van der Waals surface area contributed by atoms with Crippen molar-refractivity contribution < 1.29 is 0 Å². The summed E-state index contributed by atoms with van der Waals surface area (Å²) in [6.07, 6.45) is 6.40. The summed E-state index contributed by atoms with van der Waals surface area (Å²) in [6.45, 7) is 4.66. The molecule has 1 aliphatic heterocycles. The summed E-state index contributed by atoms with van der Waals surface area (Å²) in [5.41, 5.74) is 23.7. The fraction of sp³-hybridized carbons (Fsp3) is 0.0286. The lowest BCUT2D eigenvalue weighted by atomic mass is 9.52. The molecule has 0 saturated heterocycles. The molecule has 4 aliphatic rings. The van der Waals surface area contributed by atoms with Crippen LogP contribution in [-0.4, -0.2) is 9.97 Å². The lowest BCUT2D eigenvalue weighted by Gasteiger charge is -2.49. The summed E-state index contributed by atoms with van der Waals surface area (Å²) in [5, 5.41) is 4.58. The summed E-state index contributed by atoms with van der Waals surface area (Å²) >= 11 is 1.82. The van der Waals surface area contributed by atoms with Gasteiger partial charge in [0.1, 0.15) is 0 Å². The molecule has 0 N–H and O–H groups in total. The molecule has 10 aromatic carbocycles. The van der Waals surface area contributed by atoms with Gasteiger partial charge in [0, 0.05) is 21.6 Å². The first-order valence-electron chi connectivity index (χ1n) is 25.1. The van der Waals surface area contributed by atoms with Gasteiger partial charge in [-0.15, -0.1) is 0 Å². The highest BCUT2D eigenvalue weighted by molar-refractivity contribution is 8.02. The lowest BCUT2D eigenvalue weighted by molar-refractivity contribution is 0.626. The third kappa shape index (κ3) is 5.89. The maximum absolute atomic E-state index is 5.31. The van der Waals surface area contributed by atoms with Gasteiger partial charge >= 0.3 is 0 Å². The Kier molecular flexibility index (Phi) is 9.21. The second-order valence-electron chi connectivity index (χ2n) is 19.6. The first kappa shape index (κ1) is 41.9. The summed E-state index contributed by atoms with van der Waals surface area (Å²) in [4.78, 5) is 11.8. The Bertz CT molecular complexity index is 4110. The summed E-state index contributed by atoms with van der Waals surface area (Å²) < 4.78 is 0. The number of aromatic nitrogens is 2. The smallest absolute Gasteiger partial charge is 0.160 e. The Morgan fingerprint density at radius 1 is 0.356 bits per heavy atom. The van der Waals surface area contributed by atoms with Crippen molar-refractivity contribution in [2.75, 3.05) is 0 Å². The second-order valence-corrected chi connectivity index (χ2v) is 20.5. The van der Waals surface area contributed by atoms with E-state index in [1.54, 1.807) is 0 Å². The second kappa shape index (κ2) is 16.1. The zero-order valence-electron chi connectivity index (χ0n) is 39.8. The highest BCUT2D eigenvalue weighted by Crippen LogP contribution is 2.69. The van der Waals surface area contributed by atoms with Gasteiger partial charge in [0.15, 0.2) is 5.82 Å². The first-order valence-corrected chi connectivity index (χ1v) is 25.9. The van der Waals surface area contributed by atoms with E-state index in [9.17, 15) is 0 Å². The summed E-state index contributed by atoms with van der Waals surface area (Å²) in [7, 11) is 0. The van der Waals surface area contributed by atoms with Crippen molar-refractivity contribution in [1.82, 2.24) is 9.97 Å². The van der Waals surface area contributed by atoms with Crippen molar-refractivity contribution in [1.29, 1.82) is 0 Å². The van der Waals surface area contributed by atoms with Crippen LogP contribution in [0.3, 0.4) is 0 Å². The van der Waals surface area contributed by atoms with Crippen LogP contribution in [0.5, 0.6) is 0 Å². The molecule has 73 heavy (non-hydrogen) atoms. The van der Waals surface area contributed by atoms with Gasteiger partial charge in [0.05, 0.1) is 22.2 Å². The van der Waals surface area contributed by atoms with Crippen molar-refractivity contribution in [3.8, 4) is 67.3 Å². The molecule has 0 fully saturated rings. The first-order chi connectivity index (χ1) is 36.1. The van der Waals surface area contributed by atoms with Crippen LogP contribution < -0.4 is 0 Å². The van der Waals surface area contributed by atoms with E-state index in [0.29, 0.717) is 5.82 Å². The molecular weight excluding hydrogens is 901 g/mol. The Morgan fingerprint density at radius 2 is 0.890 bits per heavy atom. The average Bonchev–Trinajstić information content (AvgIpc) is 3.93. The molecule has 2 heterocycles. The highest BCUT2D eigenvalue weighted by Gasteiger charge is 2.59. The zero-order valence-corrected chi connectivity index (χ0v) is 40.6. The number of benzene rings is 10. The fourth-order valence-corrected chi connectivity index (χ4v) is 14.1. The predicted octanol–water partition coefficient (Wildman–Crippen LogP) is 17.5. The Morgan fingerprint density at radius 3 is 1.64 bits per heavy atom. The molecule has 2 nitrogen and oxygen atoms in total. The number of nitrogens with zero attached hydrogens (tertiary/aromatic N) is 2. The Labute approximate surface area is 429 Å². The van der Waals surface area contributed by atoms with E-state index in [2.05, 4.69) is 255 Å². The third-order valence-electron chi connectivity index (χ3n) is 16.0. The molecule has 0 atom stereocenters. The van der Waals surface area contributed by atoms with Crippen LogP contribution in [0.1, 0.15) is 50.1 Å². The normalized spacial score (nSPS) is 15.5. The molecule has 0 unspecified atom stereocenters. The molecule has 0 saturated carbocycles. The van der Waals surface area contributed by atoms with Crippen LogP contribution >= 0.6 is 11.8 Å². The van der Waals surface area contributed by atoms with Gasteiger partial charge in [0.25, 0.3) is 0 Å². The molecule has 15 rings (SSSR count).